The van der Waals surface area contributed by atoms with Gasteiger partial charge in [0, 0.05) is 12.4 Å². The molecule has 18 heavy (non-hydrogen) atoms. The third-order valence-electron chi connectivity index (χ3n) is 2.82. The molecule has 0 bridgehead atoms. The first-order valence-corrected chi connectivity index (χ1v) is 5.76. The molecule has 2 rings (SSSR count). The van der Waals surface area contributed by atoms with Gasteiger partial charge in [-0.1, -0.05) is 18.2 Å². The second kappa shape index (κ2) is 5.83. The van der Waals surface area contributed by atoms with E-state index in [4.69, 9.17) is 4.74 Å². The molecule has 0 saturated heterocycles. The van der Waals surface area contributed by atoms with Crippen molar-refractivity contribution in [3.63, 3.8) is 0 Å². The summed E-state index contributed by atoms with van der Waals surface area (Å²) in [5.41, 5.74) is 2.03. The summed E-state index contributed by atoms with van der Waals surface area (Å²) < 4.78 is 5.18. The molecule has 0 amide bonds. The smallest absolute Gasteiger partial charge is 0.119 e. The molecule has 1 atom stereocenters. The van der Waals surface area contributed by atoms with E-state index < -0.39 is 0 Å². The van der Waals surface area contributed by atoms with Crippen LogP contribution >= 0.6 is 0 Å². The van der Waals surface area contributed by atoms with E-state index in [1.165, 1.54) is 0 Å². The van der Waals surface area contributed by atoms with E-state index in [0.717, 1.165) is 16.9 Å². The van der Waals surface area contributed by atoms with Crippen LogP contribution in [0, 0.1) is 11.3 Å². The number of aromatic nitrogens is 1. The number of hydrogen-bond donors (Lipinski definition) is 0. The molecular formula is C15H14N2O. The number of hydrogen-bond acceptors (Lipinski definition) is 3. The maximum atomic E-state index is 9.26. The Morgan fingerprint density at radius 1 is 1.33 bits per heavy atom. The molecule has 90 valence electrons. The Kier molecular flexibility index (Phi) is 3.93. The van der Waals surface area contributed by atoms with Gasteiger partial charge in [-0.3, -0.25) is 4.98 Å². The van der Waals surface area contributed by atoms with Gasteiger partial charge in [0.1, 0.15) is 5.75 Å². The Morgan fingerprint density at radius 3 is 2.89 bits per heavy atom. The Balaban J connectivity index is 2.19. The summed E-state index contributed by atoms with van der Waals surface area (Å²) in [5, 5.41) is 9.26. The molecule has 0 saturated carbocycles. The minimum atomic E-state index is -0.175. The monoisotopic (exact) mass is 238 g/mol. The maximum Gasteiger partial charge on any atom is 0.119 e. The van der Waals surface area contributed by atoms with E-state index in [-0.39, 0.29) is 5.92 Å². The largest absolute Gasteiger partial charge is 0.497 e. The van der Waals surface area contributed by atoms with Gasteiger partial charge in [-0.2, -0.15) is 5.26 Å². The van der Waals surface area contributed by atoms with Gasteiger partial charge in [-0.05, 0) is 35.7 Å². The quantitative estimate of drug-likeness (QED) is 0.822. The lowest BCUT2D eigenvalue weighted by molar-refractivity contribution is 0.414. The number of methoxy groups -OCH3 is 1. The molecule has 0 aliphatic rings. The van der Waals surface area contributed by atoms with Crippen molar-refractivity contribution in [3.8, 4) is 11.8 Å². The predicted octanol–water partition coefficient (Wildman–Crippen LogP) is 2.94. The molecule has 1 aromatic heterocycles. The average molecular weight is 238 g/mol. The first-order chi connectivity index (χ1) is 8.83. The van der Waals surface area contributed by atoms with Gasteiger partial charge in [-0.15, -0.1) is 0 Å². The first kappa shape index (κ1) is 12.1. The number of pyridine rings is 1. The van der Waals surface area contributed by atoms with Crippen LogP contribution in [0.5, 0.6) is 5.75 Å². The van der Waals surface area contributed by atoms with Crippen LogP contribution in [0.3, 0.4) is 0 Å². The average Bonchev–Trinajstić information content (AvgIpc) is 2.46. The molecule has 0 spiro atoms. The van der Waals surface area contributed by atoms with Crippen molar-refractivity contribution < 1.29 is 4.74 Å². The Morgan fingerprint density at radius 2 is 2.22 bits per heavy atom. The summed E-state index contributed by atoms with van der Waals surface area (Å²) in [6.45, 7) is 0. The molecule has 0 aliphatic carbocycles. The number of benzene rings is 1. The van der Waals surface area contributed by atoms with E-state index in [0.29, 0.717) is 6.42 Å². The van der Waals surface area contributed by atoms with Gasteiger partial charge in [-0.25, -0.2) is 0 Å². The molecule has 3 heteroatoms. The fourth-order valence-corrected chi connectivity index (χ4v) is 1.86. The Labute approximate surface area is 107 Å². The van der Waals surface area contributed by atoms with Crippen molar-refractivity contribution >= 4 is 0 Å². The topological polar surface area (TPSA) is 45.9 Å². The van der Waals surface area contributed by atoms with Crippen molar-refractivity contribution in [2.45, 2.75) is 12.3 Å². The van der Waals surface area contributed by atoms with E-state index in [2.05, 4.69) is 11.1 Å². The molecule has 3 nitrogen and oxygen atoms in total. The van der Waals surface area contributed by atoms with Gasteiger partial charge < -0.3 is 4.74 Å². The van der Waals surface area contributed by atoms with Gasteiger partial charge in [0.25, 0.3) is 0 Å². The van der Waals surface area contributed by atoms with Crippen LogP contribution in [0.25, 0.3) is 0 Å². The Hall–Kier alpha value is -2.34. The van der Waals surface area contributed by atoms with Crippen LogP contribution in [0.15, 0.2) is 48.8 Å². The summed E-state index contributed by atoms with van der Waals surface area (Å²) >= 11 is 0. The minimum Gasteiger partial charge on any atom is -0.497 e. The molecule has 1 unspecified atom stereocenters. The summed E-state index contributed by atoms with van der Waals surface area (Å²) in [5.74, 6) is 0.640. The summed E-state index contributed by atoms with van der Waals surface area (Å²) in [6.07, 6.45) is 4.12. The number of nitriles is 1. The van der Waals surface area contributed by atoms with Crippen LogP contribution in [0.2, 0.25) is 0 Å². The van der Waals surface area contributed by atoms with E-state index in [1.807, 2.05) is 36.4 Å². The second-order valence-electron chi connectivity index (χ2n) is 4.02. The third kappa shape index (κ3) is 2.86. The van der Waals surface area contributed by atoms with Crippen LogP contribution in [-0.2, 0) is 6.42 Å². The standard InChI is InChI=1S/C15H14N2O/c1-18-15-6-2-4-12(9-15)8-14(10-16)13-5-3-7-17-11-13/h2-7,9,11,14H,8H2,1H3. The minimum absolute atomic E-state index is 0.175. The Bertz CT molecular complexity index is 546. The summed E-state index contributed by atoms with van der Waals surface area (Å²) in [4.78, 5) is 4.05. The van der Waals surface area contributed by atoms with Crippen LogP contribution < -0.4 is 4.74 Å². The molecular weight excluding hydrogens is 224 g/mol. The molecule has 1 aromatic carbocycles. The molecule has 0 fully saturated rings. The number of ether oxygens (including phenoxy) is 1. The zero-order valence-corrected chi connectivity index (χ0v) is 10.2. The zero-order valence-electron chi connectivity index (χ0n) is 10.2. The highest BCUT2D eigenvalue weighted by molar-refractivity contribution is 5.32. The van der Waals surface area contributed by atoms with E-state index in [9.17, 15) is 5.26 Å². The summed E-state index contributed by atoms with van der Waals surface area (Å²) in [7, 11) is 1.64. The maximum absolute atomic E-state index is 9.26. The molecule has 1 heterocycles. The highest BCUT2D eigenvalue weighted by Gasteiger charge is 2.11. The first-order valence-electron chi connectivity index (χ1n) is 5.76. The van der Waals surface area contributed by atoms with Crippen LogP contribution in [0.4, 0.5) is 0 Å². The molecule has 0 N–H and O–H groups in total. The molecule has 0 aliphatic heterocycles. The zero-order chi connectivity index (χ0) is 12.8. The van der Waals surface area contributed by atoms with Gasteiger partial charge in [0.2, 0.25) is 0 Å². The van der Waals surface area contributed by atoms with Crippen LogP contribution in [-0.4, -0.2) is 12.1 Å². The van der Waals surface area contributed by atoms with Crippen molar-refractivity contribution in [1.29, 1.82) is 5.26 Å². The number of nitrogens with zero attached hydrogens (tertiary/aromatic N) is 2. The second-order valence-corrected chi connectivity index (χ2v) is 4.02. The summed E-state index contributed by atoms with van der Waals surface area (Å²) in [6, 6.07) is 13.9. The van der Waals surface area contributed by atoms with Crippen LogP contribution in [0.1, 0.15) is 17.0 Å². The lowest BCUT2D eigenvalue weighted by atomic mass is 9.94. The normalized spacial score (nSPS) is 11.6. The fraction of sp³-hybridized carbons (Fsp3) is 0.200. The fourth-order valence-electron chi connectivity index (χ4n) is 1.86. The molecule has 2 aromatic rings. The third-order valence-corrected chi connectivity index (χ3v) is 2.82. The molecule has 0 radical (unpaired) electrons. The van der Waals surface area contributed by atoms with Crippen molar-refractivity contribution in [3.05, 3.63) is 59.9 Å². The SMILES string of the molecule is COc1cccc(CC(C#N)c2cccnc2)c1. The number of rotatable bonds is 4. The van der Waals surface area contributed by atoms with E-state index >= 15 is 0 Å². The van der Waals surface area contributed by atoms with Crippen molar-refractivity contribution in [2.24, 2.45) is 0 Å². The van der Waals surface area contributed by atoms with Crippen molar-refractivity contribution in [1.82, 2.24) is 4.98 Å². The lowest BCUT2D eigenvalue weighted by Crippen LogP contribution is -2.01. The van der Waals surface area contributed by atoms with E-state index in [1.54, 1.807) is 19.5 Å². The van der Waals surface area contributed by atoms with Gasteiger partial charge in [0.05, 0.1) is 19.1 Å². The lowest BCUT2D eigenvalue weighted by Gasteiger charge is -2.09. The van der Waals surface area contributed by atoms with Gasteiger partial charge in [0.15, 0.2) is 0 Å². The highest BCUT2D eigenvalue weighted by Crippen LogP contribution is 2.21. The van der Waals surface area contributed by atoms with Gasteiger partial charge >= 0.3 is 0 Å². The highest BCUT2D eigenvalue weighted by atomic mass is 16.5. The van der Waals surface area contributed by atoms with Crippen molar-refractivity contribution in [2.75, 3.05) is 7.11 Å². The predicted molar refractivity (Wildman–Crippen MR) is 69.3 cm³/mol.